The first-order valence-electron chi connectivity index (χ1n) is 8.80. The number of rotatable bonds is 13. The molecule has 0 aliphatic rings. The molecule has 0 rings (SSSR count). The third kappa shape index (κ3) is 9.83. The van der Waals surface area contributed by atoms with Gasteiger partial charge in [-0.2, -0.15) is 0 Å². The van der Waals surface area contributed by atoms with Gasteiger partial charge in [0.15, 0.2) is 0 Å². The summed E-state index contributed by atoms with van der Waals surface area (Å²) in [5, 5.41) is 24.9. The summed E-state index contributed by atoms with van der Waals surface area (Å²) >= 11 is 0. The maximum atomic E-state index is 12.3. The van der Waals surface area contributed by atoms with Crippen LogP contribution in [0.1, 0.15) is 39.5 Å². The first kappa shape index (κ1) is 25.3. The third-order valence-corrected chi connectivity index (χ3v) is 3.74. The van der Waals surface area contributed by atoms with E-state index in [-0.39, 0.29) is 6.42 Å². The van der Waals surface area contributed by atoms with Crippen molar-refractivity contribution in [2.24, 2.45) is 11.5 Å². The van der Waals surface area contributed by atoms with Crippen molar-refractivity contribution in [3.63, 3.8) is 0 Å². The second kappa shape index (κ2) is 12.6. The van der Waals surface area contributed by atoms with Crippen LogP contribution in [-0.4, -0.2) is 70.6 Å². The number of carboxylic acids is 2. The Morgan fingerprint density at radius 2 is 1.43 bits per heavy atom. The summed E-state index contributed by atoms with van der Waals surface area (Å²) in [5.41, 5.74) is 10.7. The molecule has 4 atom stereocenters. The van der Waals surface area contributed by atoms with Crippen molar-refractivity contribution in [1.29, 1.82) is 0 Å². The maximum Gasteiger partial charge on any atom is 0.326 e. The van der Waals surface area contributed by atoms with E-state index in [2.05, 4.69) is 16.0 Å². The molecular weight excluding hydrogens is 374 g/mol. The molecule has 0 heterocycles. The van der Waals surface area contributed by atoms with Crippen molar-refractivity contribution >= 4 is 29.7 Å². The fraction of sp³-hybridized carbons (Fsp3) is 0.688. The van der Waals surface area contributed by atoms with Gasteiger partial charge in [0.1, 0.15) is 18.1 Å². The smallest absolute Gasteiger partial charge is 0.326 e. The van der Waals surface area contributed by atoms with Crippen LogP contribution in [-0.2, 0) is 24.0 Å². The molecule has 28 heavy (non-hydrogen) atoms. The van der Waals surface area contributed by atoms with Gasteiger partial charge in [-0.25, -0.2) is 4.79 Å². The molecule has 0 aromatic heterocycles. The number of hydrogen-bond acceptors (Lipinski definition) is 7. The largest absolute Gasteiger partial charge is 0.481 e. The van der Waals surface area contributed by atoms with Gasteiger partial charge in [0.25, 0.3) is 0 Å². The van der Waals surface area contributed by atoms with Crippen LogP contribution < -0.4 is 27.4 Å². The lowest BCUT2D eigenvalue weighted by Crippen LogP contribution is -2.56. The molecule has 0 fully saturated rings. The average molecular weight is 403 g/mol. The Morgan fingerprint density at radius 1 is 0.857 bits per heavy atom. The van der Waals surface area contributed by atoms with E-state index in [1.165, 1.54) is 13.8 Å². The van der Waals surface area contributed by atoms with Gasteiger partial charge in [-0.05, 0) is 39.7 Å². The maximum absolute atomic E-state index is 12.3. The highest BCUT2D eigenvalue weighted by Crippen LogP contribution is 2.03. The SMILES string of the molecule is CC(N)C(=O)NC(C)C(=O)NC(CC(=O)O)C(=O)NC(CCCCN)C(=O)O. The fourth-order valence-corrected chi connectivity index (χ4v) is 2.11. The summed E-state index contributed by atoms with van der Waals surface area (Å²) in [6, 6.07) is -4.71. The monoisotopic (exact) mass is 403 g/mol. The summed E-state index contributed by atoms with van der Waals surface area (Å²) < 4.78 is 0. The average Bonchev–Trinajstić information content (AvgIpc) is 2.59. The molecule has 160 valence electrons. The second-order valence-corrected chi connectivity index (χ2v) is 6.36. The summed E-state index contributed by atoms with van der Waals surface area (Å²) in [6.45, 7) is 3.11. The zero-order chi connectivity index (χ0) is 21.9. The number of carbonyl (C=O) groups excluding carboxylic acids is 3. The van der Waals surface area contributed by atoms with E-state index in [1.54, 1.807) is 0 Å². The van der Waals surface area contributed by atoms with E-state index in [0.29, 0.717) is 19.4 Å². The molecule has 0 saturated heterocycles. The van der Waals surface area contributed by atoms with Crippen LogP contribution in [0.15, 0.2) is 0 Å². The van der Waals surface area contributed by atoms with Gasteiger partial charge in [0, 0.05) is 0 Å². The highest BCUT2D eigenvalue weighted by atomic mass is 16.4. The number of unbranched alkanes of at least 4 members (excludes halogenated alkanes) is 1. The minimum Gasteiger partial charge on any atom is -0.481 e. The number of nitrogens with two attached hydrogens (primary N) is 2. The third-order valence-electron chi connectivity index (χ3n) is 3.74. The van der Waals surface area contributed by atoms with Crippen molar-refractivity contribution in [2.75, 3.05) is 6.54 Å². The van der Waals surface area contributed by atoms with Crippen molar-refractivity contribution in [2.45, 2.75) is 63.7 Å². The molecule has 0 bridgehead atoms. The van der Waals surface area contributed by atoms with Gasteiger partial charge in [-0.1, -0.05) is 0 Å². The first-order valence-corrected chi connectivity index (χ1v) is 8.80. The van der Waals surface area contributed by atoms with Crippen LogP contribution in [0.5, 0.6) is 0 Å². The Hall–Kier alpha value is -2.73. The minimum absolute atomic E-state index is 0.104. The Morgan fingerprint density at radius 3 is 1.89 bits per heavy atom. The van der Waals surface area contributed by atoms with Crippen LogP contribution in [0, 0.1) is 0 Å². The molecule has 0 aromatic rings. The lowest BCUT2D eigenvalue weighted by atomic mass is 10.1. The standard InChI is InChI=1S/C16H29N5O7/c1-8(18)13(24)19-9(2)14(25)21-11(7-12(22)23)15(26)20-10(16(27)28)5-3-4-6-17/h8-11H,3-7,17-18H2,1-2H3,(H,19,24)(H,20,26)(H,21,25)(H,22,23)(H,27,28). The summed E-state index contributed by atoms with van der Waals surface area (Å²) in [6.07, 6.45) is 0.350. The number of nitrogens with one attached hydrogen (secondary N) is 3. The number of hydrogen-bond donors (Lipinski definition) is 7. The molecule has 0 aliphatic heterocycles. The van der Waals surface area contributed by atoms with Crippen molar-refractivity contribution in [1.82, 2.24) is 16.0 Å². The molecule has 12 heteroatoms. The van der Waals surface area contributed by atoms with E-state index in [4.69, 9.17) is 16.6 Å². The quantitative estimate of drug-likeness (QED) is 0.161. The van der Waals surface area contributed by atoms with Gasteiger partial charge < -0.3 is 37.6 Å². The van der Waals surface area contributed by atoms with Gasteiger partial charge >= 0.3 is 11.9 Å². The van der Waals surface area contributed by atoms with E-state index in [1.807, 2.05) is 0 Å². The lowest BCUT2D eigenvalue weighted by Gasteiger charge is -2.22. The summed E-state index contributed by atoms with van der Waals surface area (Å²) in [4.78, 5) is 58.3. The zero-order valence-electron chi connectivity index (χ0n) is 15.9. The van der Waals surface area contributed by atoms with E-state index in [9.17, 15) is 29.1 Å². The molecule has 12 nitrogen and oxygen atoms in total. The Balaban J connectivity index is 5.05. The highest BCUT2D eigenvalue weighted by Gasteiger charge is 2.29. The van der Waals surface area contributed by atoms with Gasteiger partial charge in [0.05, 0.1) is 12.5 Å². The van der Waals surface area contributed by atoms with Gasteiger partial charge in [-0.15, -0.1) is 0 Å². The lowest BCUT2D eigenvalue weighted by molar-refractivity contribution is -0.143. The number of aliphatic carboxylic acids is 2. The van der Waals surface area contributed by atoms with Gasteiger partial charge in [0.2, 0.25) is 17.7 Å². The molecule has 0 radical (unpaired) electrons. The second-order valence-electron chi connectivity index (χ2n) is 6.36. The molecule has 4 unspecified atom stereocenters. The molecule has 3 amide bonds. The summed E-state index contributed by atoms with van der Waals surface area (Å²) in [5.74, 6) is -5.04. The molecule has 0 spiro atoms. The normalized spacial score (nSPS) is 14.9. The highest BCUT2D eigenvalue weighted by molar-refractivity contribution is 5.95. The molecular formula is C16H29N5O7. The molecule has 0 saturated carbocycles. The Labute approximate surface area is 162 Å². The number of carboxylic acid groups (broad SMARTS) is 2. The minimum atomic E-state index is -1.52. The van der Waals surface area contributed by atoms with E-state index in [0.717, 1.165) is 0 Å². The number of amides is 3. The van der Waals surface area contributed by atoms with Crippen molar-refractivity contribution in [3.05, 3.63) is 0 Å². The predicted octanol–water partition coefficient (Wildman–Crippen LogP) is -2.50. The zero-order valence-corrected chi connectivity index (χ0v) is 15.9. The molecule has 0 aliphatic carbocycles. The van der Waals surface area contributed by atoms with Crippen LogP contribution in [0.25, 0.3) is 0 Å². The topological polar surface area (TPSA) is 214 Å². The van der Waals surface area contributed by atoms with E-state index >= 15 is 0 Å². The first-order chi connectivity index (χ1) is 13.0. The van der Waals surface area contributed by atoms with Crippen molar-refractivity contribution in [3.8, 4) is 0 Å². The van der Waals surface area contributed by atoms with E-state index < -0.39 is 60.2 Å². The van der Waals surface area contributed by atoms with Crippen molar-refractivity contribution < 1.29 is 34.2 Å². The Bertz CT molecular complexity index is 582. The van der Waals surface area contributed by atoms with Crippen LogP contribution in [0.2, 0.25) is 0 Å². The summed E-state index contributed by atoms with van der Waals surface area (Å²) in [7, 11) is 0. The predicted molar refractivity (Wildman–Crippen MR) is 97.9 cm³/mol. The molecule has 9 N–H and O–H groups in total. The number of carbonyl (C=O) groups is 5. The van der Waals surface area contributed by atoms with Crippen LogP contribution >= 0.6 is 0 Å². The van der Waals surface area contributed by atoms with Crippen LogP contribution in [0.4, 0.5) is 0 Å². The molecule has 0 aromatic carbocycles. The van der Waals surface area contributed by atoms with Crippen LogP contribution in [0.3, 0.4) is 0 Å². The van der Waals surface area contributed by atoms with Gasteiger partial charge in [-0.3, -0.25) is 19.2 Å². The fourth-order valence-electron chi connectivity index (χ4n) is 2.11. The Kier molecular flexibility index (Phi) is 11.4.